The van der Waals surface area contributed by atoms with E-state index in [1.54, 1.807) is 31.2 Å². The Labute approximate surface area is 118 Å². The number of hydrogen-bond acceptors (Lipinski definition) is 4. The van der Waals surface area contributed by atoms with Gasteiger partial charge in [-0.05, 0) is 24.6 Å². The van der Waals surface area contributed by atoms with Gasteiger partial charge in [-0.25, -0.2) is 8.42 Å². The fraction of sp³-hybridized carbons (Fsp3) is 0.417. The maximum Gasteiger partial charge on any atom is 0.239 e. The van der Waals surface area contributed by atoms with Crippen LogP contribution in [0.4, 0.5) is 0 Å². The summed E-state index contributed by atoms with van der Waals surface area (Å²) in [5, 5.41) is 0.454. The van der Waals surface area contributed by atoms with E-state index in [-0.39, 0.29) is 18.8 Å². The monoisotopic (exact) mass is 305 g/mol. The Morgan fingerprint density at radius 3 is 2.79 bits per heavy atom. The van der Waals surface area contributed by atoms with Gasteiger partial charge in [-0.1, -0.05) is 23.7 Å². The van der Waals surface area contributed by atoms with Crippen LogP contribution in [0.2, 0.25) is 5.02 Å². The normalized spacial score (nSPS) is 11.3. The molecule has 0 spiro atoms. The van der Waals surface area contributed by atoms with Crippen molar-refractivity contribution >= 4 is 27.5 Å². The molecule has 19 heavy (non-hydrogen) atoms. The molecule has 0 aromatic heterocycles. The van der Waals surface area contributed by atoms with Crippen LogP contribution in [0.25, 0.3) is 0 Å². The van der Waals surface area contributed by atoms with Crippen molar-refractivity contribution in [2.24, 2.45) is 0 Å². The second-order valence-electron chi connectivity index (χ2n) is 3.86. The number of benzene rings is 1. The molecular formula is C12H16ClNO4S. The summed E-state index contributed by atoms with van der Waals surface area (Å²) in [6, 6.07) is 6.49. The van der Waals surface area contributed by atoms with Crippen molar-refractivity contribution in [1.29, 1.82) is 0 Å². The first-order valence-corrected chi connectivity index (χ1v) is 7.81. The van der Waals surface area contributed by atoms with Crippen LogP contribution in [0.1, 0.15) is 18.9 Å². The van der Waals surface area contributed by atoms with E-state index in [4.69, 9.17) is 16.3 Å². The molecule has 0 atom stereocenters. The van der Waals surface area contributed by atoms with Gasteiger partial charge >= 0.3 is 0 Å². The van der Waals surface area contributed by atoms with Crippen molar-refractivity contribution in [3.05, 3.63) is 34.9 Å². The molecule has 0 radical (unpaired) electrons. The van der Waals surface area contributed by atoms with Crippen LogP contribution in [0.5, 0.6) is 0 Å². The van der Waals surface area contributed by atoms with E-state index in [0.29, 0.717) is 17.2 Å². The fourth-order valence-corrected chi connectivity index (χ4v) is 2.77. The third kappa shape index (κ3) is 6.56. The fourth-order valence-electron chi connectivity index (χ4n) is 1.42. The zero-order chi connectivity index (χ0) is 14.3. The van der Waals surface area contributed by atoms with Crippen LogP contribution in [0, 0.1) is 0 Å². The number of carbonyl (C=O) groups excluding carboxylic acids is 1. The van der Waals surface area contributed by atoms with Gasteiger partial charge in [0.25, 0.3) is 0 Å². The molecule has 106 valence electrons. The zero-order valence-electron chi connectivity index (χ0n) is 10.6. The van der Waals surface area contributed by atoms with E-state index in [2.05, 4.69) is 0 Å². The molecule has 0 saturated carbocycles. The minimum absolute atomic E-state index is 0.0165. The largest absolute Gasteiger partial charge is 0.381 e. The van der Waals surface area contributed by atoms with Gasteiger partial charge in [-0.15, -0.1) is 0 Å². The van der Waals surface area contributed by atoms with Crippen LogP contribution in [-0.4, -0.2) is 27.5 Å². The standard InChI is InChI=1S/C12H16ClNO4S/c1-2-18-7-6-12(15)14-19(16,17)9-10-4-3-5-11(13)8-10/h3-5,8H,2,6-7,9H2,1H3,(H,14,15). The van der Waals surface area contributed by atoms with E-state index >= 15 is 0 Å². The topological polar surface area (TPSA) is 72.5 Å². The van der Waals surface area contributed by atoms with Gasteiger partial charge in [-0.3, -0.25) is 9.52 Å². The minimum Gasteiger partial charge on any atom is -0.381 e. The lowest BCUT2D eigenvalue weighted by Gasteiger charge is -2.07. The third-order valence-corrected chi connectivity index (χ3v) is 3.68. The molecule has 1 amide bonds. The first kappa shape index (κ1) is 15.9. The number of hydrogen-bond donors (Lipinski definition) is 1. The highest BCUT2D eigenvalue weighted by Crippen LogP contribution is 2.12. The Kier molecular flexibility index (Phi) is 6.27. The Hall–Kier alpha value is -1.11. The number of rotatable bonds is 7. The van der Waals surface area contributed by atoms with E-state index in [1.165, 1.54) is 0 Å². The number of amides is 1. The number of carbonyl (C=O) groups is 1. The van der Waals surface area contributed by atoms with Crippen LogP contribution in [0.3, 0.4) is 0 Å². The predicted octanol–water partition coefficient (Wildman–Crippen LogP) is 1.71. The molecule has 1 rings (SSSR count). The first-order chi connectivity index (χ1) is 8.93. The smallest absolute Gasteiger partial charge is 0.239 e. The molecule has 7 heteroatoms. The molecule has 0 fully saturated rings. The van der Waals surface area contributed by atoms with Crippen LogP contribution >= 0.6 is 11.6 Å². The van der Waals surface area contributed by atoms with Crippen molar-refractivity contribution in [1.82, 2.24) is 4.72 Å². The maximum absolute atomic E-state index is 11.7. The number of ether oxygens (including phenoxy) is 1. The summed E-state index contributed by atoms with van der Waals surface area (Å²) in [4.78, 5) is 11.4. The molecule has 0 heterocycles. The molecule has 0 aliphatic heterocycles. The third-order valence-electron chi connectivity index (χ3n) is 2.19. The summed E-state index contributed by atoms with van der Waals surface area (Å²) < 4.78 is 30.4. The van der Waals surface area contributed by atoms with Gasteiger partial charge in [0, 0.05) is 11.6 Å². The molecule has 1 aromatic rings. The highest BCUT2D eigenvalue weighted by Gasteiger charge is 2.15. The summed E-state index contributed by atoms with van der Waals surface area (Å²) in [6.07, 6.45) is 0.0165. The molecular weight excluding hydrogens is 290 g/mol. The SMILES string of the molecule is CCOCCC(=O)NS(=O)(=O)Cc1cccc(Cl)c1. The van der Waals surface area contributed by atoms with Gasteiger partial charge in [0.05, 0.1) is 18.8 Å². The second kappa shape index (κ2) is 7.47. The van der Waals surface area contributed by atoms with E-state index in [1.807, 2.05) is 4.72 Å². The average Bonchev–Trinajstić information content (AvgIpc) is 2.27. The van der Waals surface area contributed by atoms with Crippen LogP contribution in [0.15, 0.2) is 24.3 Å². The lowest BCUT2D eigenvalue weighted by molar-refractivity contribution is -0.120. The van der Waals surface area contributed by atoms with Crippen LogP contribution < -0.4 is 4.72 Å². The summed E-state index contributed by atoms with van der Waals surface area (Å²) in [5.41, 5.74) is 0.526. The molecule has 0 aliphatic rings. The minimum atomic E-state index is -3.70. The summed E-state index contributed by atoms with van der Waals surface area (Å²) in [5.74, 6) is -0.857. The molecule has 0 unspecified atom stereocenters. The summed E-state index contributed by atoms with van der Waals surface area (Å²) in [6.45, 7) is 2.49. The Balaban J connectivity index is 2.54. The van der Waals surface area contributed by atoms with Crippen molar-refractivity contribution in [3.63, 3.8) is 0 Å². The average molecular weight is 306 g/mol. The highest BCUT2D eigenvalue weighted by atomic mass is 35.5. The highest BCUT2D eigenvalue weighted by molar-refractivity contribution is 7.89. The Morgan fingerprint density at radius 2 is 2.16 bits per heavy atom. The van der Waals surface area contributed by atoms with Crippen molar-refractivity contribution in [2.75, 3.05) is 13.2 Å². The zero-order valence-corrected chi connectivity index (χ0v) is 12.1. The van der Waals surface area contributed by atoms with Gasteiger partial charge < -0.3 is 4.74 Å². The number of nitrogens with one attached hydrogen (secondary N) is 1. The Morgan fingerprint density at radius 1 is 1.42 bits per heavy atom. The molecule has 1 N–H and O–H groups in total. The summed E-state index contributed by atoms with van der Waals surface area (Å²) >= 11 is 5.77. The van der Waals surface area contributed by atoms with E-state index < -0.39 is 15.9 Å². The van der Waals surface area contributed by atoms with Crippen molar-refractivity contribution < 1.29 is 17.9 Å². The van der Waals surface area contributed by atoms with Gasteiger partial charge in [0.1, 0.15) is 0 Å². The molecule has 0 bridgehead atoms. The quantitative estimate of drug-likeness (QED) is 0.778. The summed E-state index contributed by atoms with van der Waals surface area (Å²) in [7, 11) is -3.70. The molecule has 5 nitrogen and oxygen atoms in total. The van der Waals surface area contributed by atoms with E-state index in [9.17, 15) is 13.2 Å². The molecule has 0 aliphatic carbocycles. The molecule has 1 aromatic carbocycles. The predicted molar refractivity (Wildman–Crippen MR) is 73.3 cm³/mol. The van der Waals surface area contributed by atoms with Crippen LogP contribution in [-0.2, 0) is 25.3 Å². The molecule has 0 saturated heterocycles. The van der Waals surface area contributed by atoms with Crippen molar-refractivity contribution in [2.45, 2.75) is 19.1 Å². The number of halogens is 1. The van der Waals surface area contributed by atoms with E-state index in [0.717, 1.165) is 0 Å². The maximum atomic E-state index is 11.7. The first-order valence-electron chi connectivity index (χ1n) is 5.78. The van der Waals surface area contributed by atoms with Gasteiger partial charge in [0.15, 0.2) is 0 Å². The lowest BCUT2D eigenvalue weighted by Crippen LogP contribution is -2.32. The van der Waals surface area contributed by atoms with Gasteiger partial charge in [0.2, 0.25) is 15.9 Å². The Bertz CT molecular complexity index is 530. The second-order valence-corrected chi connectivity index (χ2v) is 6.02. The number of sulfonamides is 1. The lowest BCUT2D eigenvalue weighted by atomic mass is 10.2. The van der Waals surface area contributed by atoms with Gasteiger partial charge in [-0.2, -0.15) is 0 Å². The van der Waals surface area contributed by atoms with Crippen molar-refractivity contribution in [3.8, 4) is 0 Å².